The van der Waals surface area contributed by atoms with Crippen LogP contribution in [0.15, 0.2) is 52.9 Å². The number of para-hydroxylation sites is 1. The average molecular weight is 377 g/mol. The number of ether oxygens (including phenoxy) is 1. The topological polar surface area (TPSA) is 77.2 Å². The lowest BCUT2D eigenvalue weighted by Gasteiger charge is -2.25. The third-order valence-corrected chi connectivity index (χ3v) is 4.87. The lowest BCUT2D eigenvalue weighted by atomic mass is 9.97. The fourth-order valence-electron chi connectivity index (χ4n) is 3.26. The molecule has 0 spiro atoms. The summed E-state index contributed by atoms with van der Waals surface area (Å²) in [5, 5.41) is 11.1. The van der Waals surface area contributed by atoms with E-state index in [1.165, 1.54) is 11.1 Å². The summed E-state index contributed by atoms with van der Waals surface area (Å²) >= 11 is 0. The predicted molar refractivity (Wildman–Crippen MR) is 105 cm³/mol. The number of rotatable bonds is 6. The van der Waals surface area contributed by atoms with Gasteiger partial charge in [0.2, 0.25) is 17.7 Å². The fraction of sp³-hybridized carbons (Fsp3) is 0.318. The van der Waals surface area contributed by atoms with Crippen LogP contribution in [0.25, 0.3) is 11.5 Å². The quantitative estimate of drug-likeness (QED) is 0.713. The van der Waals surface area contributed by atoms with E-state index in [0.717, 1.165) is 17.7 Å². The van der Waals surface area contributed by atoms with E-state index in [0.29, 0.717) is 37.8 Å². The predicted octanol–water partition coefficient (Wildman–Crippen LogP) is 3.35. The normalized spacial score (nSPS) is 15.5. The Hall–Kier alpha value is -3.15. The molecule has 0 bridgehead atoms. The number of carbonyl (C=O) groups is 1. The minimum Gasteiger partial charge on any atom is -0.493 e. The van der Waals surface area contributed by atoms with Gasteiger partial charge in [-0.05, 0) is 37.1 Å². The number of amides is 1. The minimum absolute atomic E-state index is 0.0195. The summed E-state index contributed by atoms with van der Waals surface area (Å²) in [6, 6.07) is 15.9. The molecule has 28 heavy (non-hydrogen) atoms. The molecule has 0 saturated heterocycles. The molecular weight excluding hydrogens is 354 g/mol. The van der Waals surface area contributed by atoms with Gasteiger partial charge in [0.25, 0.3) is 0 Å². The molecule has 1 atom stereocenters. The smallest absolute Gasteiger partial charge is 0.247 e. The second-order valence-corrected chi connectivity index (χ2v) is 7.16. The molecule has 2 heterocycles. The number of fused-ring (bicyclic) bond motifs is 1. The summed E-state index contributed by atoms with van der Waals surface area (Å²) in [6.07, 6.45) is 1.66. The average Bonchev–Trinajstić information content (AvgIpc) is 3.20. The van der Waals surface area contributed by atoms with Crippen molar-refractivity contribution in [2.24, 2.45) is 5.92 Å². The van der Waals surface area contributed by atoms with E-state index in [2.05, 4.69) is 21.6 Å². The summed E-state index contributed by atoms with van der Waals surface area (Å²) in [4.78, 5) is 12.2. The Morgan fingerprint density at radius 3 is 2.82 bits per heavy atom. The minimum atomic E-state index is -0.0195. The molecule has 1 aromatic heterocycles. The first kappa shape index (κ1) is 18.2. The third kappa shape index (κ3) is 4.39. The Morgan fingerprint density at radius 2 is 1.96 bits per heavy atom. The highest BCUT2D eigenvalue weighted by atomic mass is 16.5. The zero-order chi connectivity index (χ0) is 19.3. The Morgan fingerprint density at radius 1 is 1.14 bits per heavy atom. The summed E-state index contributed by atoms with van der Waals surface area (Å²) in [6.45, 7) is 3.26. The van der Waals surface area contributed by atoms with Crippen LogP contribution >= 0.6 is 0 Å². The summed E-state index contributed by atoms with van der Waals surface area (Å²) in [7, 11) is 0. The third-order valence-electron chi connectivity index (χ3n) is 4.87. The highest BCUT2D eigenvalue weighted by Gasteiger charge is 2.20. The van der Waals surface area contributed by atoms with E-state index in [9.17, 15) is 4.79 Å². The van der Waals surface area contributed by atoms with Crippen LogP contribution in [0.3, 0.4) is 0 Å². The van der Waals surface area contributed by atoms with E-state index >= 15 is 0 Å². The van der Waals surface area contributed by atoms with E-state index in [-0.39, 0.29) is 11.8 Å². The zero-order valence-corrected chi connectivity index (χ0v) is 15.9. The molecule has 0 saturated carbocycles. The van der Waals surface area contributed by atoms with Gasteiger partial charge in [0, 0.05) is 30.9 Å². The van der Waals surface area contributed by atoms with Crippen molar-refractivity contribution in [1.82, 2.24) is 15.5 Å². The number of hydrogen-bond acceptors (Lipinski definition) is 5. The molecule has 6 heteroatoms. The van der Waals surface area contributed by atoms with Gasteiger partial charge < -0.3 is 14.5 Å². The Bertz CT molecular complexity index is 950. The molecule has 0 radical (unpaired) electrons. The molecule has 1 aliphatic rings. The molecule has 144 valence electrons. The monoisotopic (exact) mass is 377 g/mol. The molecule has 4 rings (SSSR count). The van der Waals surface area contributed by atoms with Crippen LogP contribution in [0.1, 0.15) is 23.4 Å². The van der Waals surface area contributed by atoms with Crippen molar-refractivity contribution in [2.75, 3.05) is 13.2 Å². The number of hydrogen-bond donors (Lipinski definition) is 1. The van der Waals surface area contributed by atoms with Crippen molar-refractivity contribution < 1.29 is 13.9 Å². The van der Waals surface area contributed by atoms with Gasteiger partial charge in [-0.2, -0.15) is 0 Å². The maximum Gasteiger partial charge on any atom is 0.247 e. The number of aromatic nitrogens is 2. The lowest BCUT2D eigenvalue weighted by Crippen LogP contribution is -2.34. The molecule has 0 fully saturated rings. The van der Waals surface area contributed by atoms with Gasteiger partial charge >= 0.3 is 0 Å². The van der Waals surface area contributed by atoms with E-state index < -0.39 is 0 Å². The number of aryl methyl sites for hydroxylation is 2. The maximum atomic E-state index is 12.2. The number of nitrogens with one attached hydrogen (secondary N) is 1. The second kappa shape index (κ2) is 8.25. The van der Waals surface area contributed by atoms with Gasteiger partial charge in [-0.1, -0.05) is 35.9 Å². The molecule has 1 N–H and O–H groups in total. The van der Waals surface area contributed by atoms with Gasteiger partial charge in [0.1, 0.15) is 5.75 Å². The Balaban J connectivity index is 1.24. The zero-order valence-electron chi connectivity index (χ0n) is 15.9. The van der Waals surface area contributed by atoms with Crippen LogP contribution in [0, 0.1) is 12.8 Å². The lowest BCUT2D eigenvalue weighted by molar-refractivity contribution is -0.121. The van der Waals surface area contributed by atoms with Gasteiger partial charge in [-0.15, -0.1) is 10.2 Å². The number of nitrogens with zero attached hydrogens (tertiary/aromatic N) is 2. The molecule has 0 aliphatic carbocycles. The van der Waals surface area contributed by atoms with Crippen molar-refractivity contribution in [3.8, 4) is 17.2 Å². The molecule has 6 nitrogen and oxygen atoms in total. The molecule has 1 aliphatic heterocycles. The summed E-state index contributed by atoms with van der Waals surface area (Å²) in [5.41, 5.74) is 3.25. The first-order valence-electron chi connectivity index (χ1n) is 9.54. The molecule has 1 unspecified atom stereocenters. The van der Waals surface area contributed by atoms with Crippen molar-refractivity contribution in [3.63, 3.8) is 0 Å². The summed E-state index contributed by atoms with van der Waals surface area (Å²) < 4.78 is 11.4. The van der Waals surface area contributed by atoms with Crippen LogP contribution in [0.2, 0.25) is 0 Å². The SMILES string of the molecule is Cc1ccc(-c2nnc(CCC(=O)NCC3COc4ccccc4C3)o2)cc1. The maximum absolute atomic E-state index is 12.2. The van der Waals surface area contributed by atoms with Gasteiger partial charge in [0.05, 0.1) is 6.61 Å². The van der Waals surface area contributed by atoms with Gasteiger partial charge in [-0.25, -0.2) is 0 Å². The molecule has 3 aromatic rings. The highest BCUT2D eigenvalue weighted by molar-refractivity contribution is 5.76. The first-order chi connectivity index (χ1) is 13.7. The van der Waals surface area contributed by atoms with E-state index in [1.54, 1.807) is 0 Å². The van der Waals surface area contributed by atoms with Gasteiger partial charge in [-0.3, -0.25) is 4.79 Å². The molecule has 1 amide bonds. The first-order valence-corrected chi connectivity index (χ1v) is 9.54. The van der Waals surface area contributed by atoms with Crippen molar-refractivity contribution in [1.29, 1.82) is 0 Å². The molecular formula is C22H23N3O3. The second-order valence-electron chi connectivity index (χ2n) is 7.16. The number of benzene rings is 2. The van der Waals surface area contributed by atoms with E-state index in [1.807, 2.05) is 49.4 Å². The van der Waals surface area contributed by atoms with Crippen LogP contribution in [-0.2, 0) is 17.6 Å². The van der Waals surface area contributed by atoms with E-state index in [4.69, 9.17) is 9.15 Å². The standard InChI is InChI=1S/C22H23N3O3/c1-15-6-8-17(9-7-15)22-25-24-21(28-22)11-10-20(26)23-13-16-12-18-4-2-3-5-19(18)27-14-16/h2-9,16H,10-14H2,1H3,(H,23,26). The largest absolute Gasteiger partial charge is 0.493 e. The van der Waals surface area contributed by atoms with Crippen molar-refractivity contribution in [2.45, 2.75) is 26.2 Å². The van der Waals surface area contributed by atoms with Crippen LogP contribution in [-0.4, -0.2) is 29.3 Å². The number of carbonyl (C=O) groups excluding carboxylic acids is 1. The molecule has 2 aromatic carbocycles. The van der Waals surface area contributed by atoms with Crippen molar-refractivity contribution in [3.05, 3.63) is 65.5 Å². The van der Waals surface area contributed by atoms with Crippen LogP contribution < -0.4 is 10.1 Å². The van der Waals surface area contributed by atoms with Crippen molar-refractivity contribution >= 4 is 5.91 Å². The fourth-order valence-corrected chi connectivity index (χ4v) is 3.26. The van der Waals surface area contributed by atoms with Crippen LogP contribution in [0.4, 0.5) is 0 Å². The Kier molecular flexibility index (Phi) is 5.37. The summed E-state index contributed by atoms with van der Waals surface area (Å²) in [5.74, 6) is 2.17. The van der Waals surface area contributed by atoms with Gasteiger partial charge in [0.15, 0.2) is 0 Å². The van der Waals surface area contributed by atoms with Crippen LogP contribution in [0.5, 0.6) is 5.75 Å². The highest BCUT2D eigenvalue weighted by Crippen LogP contribution is 2.26. The Labute approximate surface area is 163 Å².